The minimum absolute atomic E-state index is 0.265. The molecular formula is C17H15N5O. The van der Waals surface area contributed by atoms with Gasteiger partial charge in [-0.2, -0.15) is 4.99 Å². The van der Waals surface area contributed by atoms with Crippen LogP contribution in [0.5, 0.6) is 0 Å². The first kappa shape index (κ1) is 14.5. The molecule has 6 nitrogen and oxygen atoms in total. The number of nitrogens with zero attached hydrogens (tertiary/aromatic N) is 3. The van der Waals surface area contributed by atoms with Crippen LogP contribution in [-0.2, 0) is 0 Å². The number of nitrogens with two attached hydrogens (primary N) is 2. The summed E-state index contributed by atoms with van der Waals surface area (Å²) in [6.07, 6.45) is 5.58. The van der Waals surface area contributed by atoms with Crippen molar-refractivity contribution in [3.05, 3.63) is 72.7 Å². The summed E-state index contributed by atoms with van der Waals surface area (Å²) in [5.41, 5.74) is 13.3. The molecule has 4 N–H and O–H groups in total. The van der Waals surface area contributed by atoms with Gasteiger partial charge in [-0.1, -0.05) is 18.2 Å². The minimum atomic E-state index is -0.492. The summed E-state index contributed by atoms with van der Waals surface area (Å²) in [5.74, 6) is -0.757. The normalized spacial score (nSPS) is 10.3. The summed E-state index contributed by atoms with van der Waals surface area (Å²) in [7, 11) is 0. The van der Waals surface area contributed by atoms with Crippen LogP contribution in [0.1, 0.15) is 10.4 Å². The van der Waals surface area contributed by atoms with Gasteiger partial charge in [0.05, 0.1) is 11.3 Å². The molecule has 0 unspecified atom stereocenters. The standard InChI is InChI=1S/C17H15N5O/c18-17(19)21-16(23)14-6-2-1-5-13(14)15-11-12(7-8-20-15)22-9-3-4-10-22/h1-11H,(H4,18,19,21,23). The van der Waals surface area contributed by atoms with Crippen LogP contribution in [0.4, 0.5) is 0 Å². The monoisotopic (exact) mass is 305 g/mol. The molecule has 0 radical (unpaired) electrons. The van der Waals surface area contributed by atoms with Gasteiger partial charge in [0.1, 0.15) is 0 Å². The Kier molecular flexibility index (Phi) is 3.88. The number of amides is 1. The molecule has 2 heterocycles. The van der Waals surface area contributed by atoms with E-state index >= 15 is 0 Å². The van der Waals surface area contributed by atoms with E-state index in [1.165, 1.54) is 0 Å². The zero-order valence-corrected chi connectivity index (χ0v) is 12.3. The predicted molar refractivity (Wildman–Crippen MR) is 89.1 cm³/mol. The van der Waals surface area contributed by atoms with Gasteiger partial charge in [0.2, 0.25) is 0 Å². The lowest BCUT2D eigenvalue weighted by molar-refractivity contribution is 0.100. The Bertz CT molecular complexity index is 864. The van der Waals surface area contributed by atoms with Crippen LogP contribution in [0.15, 0.2) is 72.1 Å². The molecule has 3 aromatic rings. The van der Waals surface area contributed by atoms with Crippen molar-refractivity contribution in [1.29, 1.82) is 0 Å². The number of hydrogen-bond acceptors (Lipinski definition) is 2. The van der Waals surface area contributed by atoms with Crippen LogP contribution < -0.4 is 11.5 Å². The lowest BCUT2D eigenvalue weighted by Crippen LogP contribution is -2.24. The molecule has 0 fully saturated rings. The van der Waals surface area contributed by atoms with Crippen LogP contribution in [0.25, 0.3) is 16.9 Å². The predicted octanol–water partition coefficient (Wildman–Crippen LogP) is 1.95. The second-order valence-electron chi connectivity index (χ2n) is 4.88. The number of pyridine rings is 1. The van der Waals surface area contributed by atoms with Gasteiger partial charge in [-0.15, -0.1) is 0 Å². The maximum absolute atomic E-state index is 12.2. The highest BCUT2D eigenvalue weighted by atomic mass is 16.1. The molecule has 3 rings (SSSR count). The van der Waals surface area contributed by atoms with Crippen molar-refractivity contribution < 1.29 is 4.79 Å². The first-order valence-electron chi connectivity index (χ1n) is 6.98. The molecule has 23 heavy (non-hydrogen) atoms. The van der Waals surface area contributed by atoms with Crippen LogP contribution in [0.2, 0.25) is 0 Å². The van der Waals surface area contributed by atoms with Crippen LogP contribution in [0, 0.1) is 0 Å². The highest BCUT2D eigenvalue weighted by Gasteiger charge is 2.13. The molecule has 0 saturated carbocycles. The molecule has 0 aliphatic rings. The molecule has 0 aliphatic heterocycles. The summed E-state index contributed by atoms with van der Waals surface area (Å²) in [5, 5.41) is 0. The van der Waals surface area contributed by atoms with Crippen molar-refractivity contribution in [3.8, 4) is 16.9 Å². The second-order valence-corrected chi connectivity index (χ2v) is 4.88. The molecule has 114 valence electrons. The average Bonchev–Trinajstić information content (AvgIpc) is 3.09. The average molecular weight is 305 g/mol. The Morgan fingerprint density at radius 3 is 2.52 bits per heavy atom. The maximum Gasteiger partial charge on any atom is 0.280 e. The first-order chi connectivity index (χ1) is 11.1. The van der Waals surface area contributed by atoms with Crippen LogP contribution in [-0.4, -0.2) is 21.4 Å². The van der Waals surface area contributed by atoms with E-state index in [1.807, 2.05) is 53.4 Å². The lowest BCUT2D eigenvalue weighted by Gasteiger charge is -2.09. The Morgan fingerprint density at radius 2 is 1.78 bits per heavy atom. The van der Waals surface area contributed by atoms with Gasteiger partial charge in [0.15, 0.2) is 5.96 Å². The molecule has 0 atom stereocenters. The van der Waals surface area contributed by atoms with Crippen molar-refractivity contribution >= 4 is 11.9 Å². The van der Waals surface area contributed by atoms with E-state index in [0.717, 1.165) is 5.69 Å². The second kappa shape index (κ2) is 6.15. The molecule has 1 aromatic carbocycles. The van der Waals surface area contributed by atoms with Gasteiger partial charge >= 0.3 is 0 Å². The zero-order valence-electron chi connectivity index (χ0n) is 12.3. The van der Waals surface area contributed by atoms with E-state index in [0.29, 0.717) is 16.8 Å². The van der Waals surface area contributed by atoms with Gasteiger partial charge in [-0.3, -0.25) is 9.78 Å². The molecule has 0 aliphatic carbocycles. The van der Waals surface area contributed by atoms with Crippen LogP contribution in [0.3, 0.4) is 0 Å². The van der Waals surface area contributed by atoms with E-state index in [4.69, 9.17) is 11.5 Å². The number of hydrogen-bond donors (Lipinski definition) is 2. The Morgan fingerprint density at radius 1 is 1.04 bits per heavy atom. The topological polar surface area (TPSA) is 99.3 Å². The first-order valence-corrected chi connectivity index (χ1v) is 6.98. The quantitative estimate of drug-likeness (QED) is 0.570. The Labute approximate surface area is 133 Å². The minimum Gasteiger partial charge on any atom is -0.370 e. The third-order valence-electron chi connectivity index (χ3n) is 3.31. The summed E-state index contributed by atoms with van der Waals surface area (Å²) in [6, 6.07) is 14.8. The van der Waals surface area contributed by atoms with Gasteiger partial charge in [-0.05, 0) is 30.3 Å². The largest absolute Gasteiger partial charge is 0.370 e. The molecule has 6 heteroatoms. The number of carbonyl (C=O) groups is 1. The van der Waals surface area contributed by atoms with E-state index in [2.05, 4.69) is 9.98 Å². The molecule has 0 bridgehead atoms. The number of aromatic nitrogens is 2. The van der Waals surface area contributed by atoms with Gasteiger partial charge in [0, 0.05) is 29.8 Å². The lowest BCUT2D eigenvalue weighted by atomic mass is 10.0. The molecule has 1 amide bonds. The Balaban J connectivity index is 2.08. The summed E-state index contributed by atoms with van der Waals surface area (Å²) < 4.78 is 1.96. The number of benzene rings is 1. The van der Waals surface area contributed by atoms with E-state index in [9.17, 15) is 4.79 Å². The highest BCUT2D eigenvalue weighted by Crippen LogP contribution is 2.24. The molecular weight excluding hydrogens is 290 g/mol. The number of aliphatic imine (C=N–C) groups is 1. The summed E-state index contributed by atoms with van der Waals surface area (Å²) in [6.45, 7) is 0. The summed E-state index contributed by atoms with van der Waals surface area (Å²) in [4.78, 5) is 20.2. The SMILES string of the molecule is NC(N)=NC(=O)c1ccccc1-c1cc(-n2cccc2)ccn1. The van der Waals surface area contributed by atoms with Crippen molar-refractivity contribution in [2.75, 3.05) is 0 Å². The van der Waals surface area contributed by atoms with Crippen molar-refractivity contribution in [3.63, 3.8) is 0 Å². The smallest absolute Gasteiger partial charge is 0.280 e. The van der Waals surface area contributed by atoms with Crippen LogP contribution >= 0.6 is 0 Å². The fraction of sp³-hybridized carbons (Fsp3) is 0. The van der Waals surface area contributed by atoms with Crippen molar-refractivity contribution in [1.82, 2.24) is 9.55 Å². The molecule has 0 saturated heterocycles. The van der Waals surface area contributed by atoms with E-state index in [1.54, 1.807) is 18.3 Å². The highest BCUT2D eigenvalue weighted by molar-refractivity contribution is 6.06. The van der Waals surface area contributed by atoms with Gasteiger partial charge in [0.25, 0.3) is 5.91 Å². The third-order valence-corrected chi connectivity index (χ3v) is 3.31. The fourth-order valence-electron chi connectivity index (χ4n) is 2.30. The number of guanidine groups is 1. The van der Waals surface area contributed by atoms with Gasteiger partial charge in [-0.25, -0.2) is 0 Å². The summed E-state index contributed by atoms with van der Waals surface area (Å²) >= 11 is 0. The third kappa shape index (κ3) is 3.11. The zero-order chi connectivity index (χ0) is 16.2. The maximum atomic E-state index is 12.2. The van der Waals surface area contributed by atoms with E-state index < -0.39 is 5.91 Å². The number of carbonyl (C=O) groups excluding carboxylic acids is 1. The molecule has 0 spiro atoms. The van der Waals surface area contributed by atoms with Crippen molar-refractivity contribution in [2.45, 2.75) is 0 Å². The van der Waals surface area contributed by atoms with Gasteiger partial charge < -0.3 is 16.0 Å². The Hall–Kier alpha value is -3.41. The van der Waals surface area contributed by atoms with Crippen molar-refractivity contribution in [2.24, 2.45) is 16.5 Å². The number of rotatable bonds is 3. The fourth-order valence-corrected chi connectivity index (χ4v) is 2.30. The van der Waals surface area contributed by atoms with E-state index in [-0.39, 0.29) is 5.96 Å². The molecule has 2 aromatic heterocycles.